The Kier molecular flexibility index (Phi) is 5.64. The van der Waals surface area contributed by atoms with Gasteiger partial charge in [0.2, 0.25) is 0 Å². The van der Waals surface area contributed by atoms with Crippen molar-refractivity contribution in [2.45, 2.75) is 19.8 Å². The minimum atomic E-state index is -0.298. The molecule has 0 heterocycles. The molecule has 0 atom stereocenters. The maximum Gasteiger partial charge on any atom is 0.277 e. The van der Waals surface area contributed by atoms with Gasteiger partial charge in [0.1, 0.15) is 5.75 Å². The molecule has 0 aliphatic heterocycles. The number of rotatable bonds is 6. The van der Waals surface area contributed by atoms with Crippen molar-refractivity contribution in [1.82, 2.24) is 5.43 Å². The molecule has 0 saturated heterocycles. The van der Waals surface area contributed by atoms with Gasteiger partial charge in [0.15, 0.2) is 6.61 Å². The van der Waals surface area contributed by atoms with Gasteiger partial charge in [-0.3, -0.25) is 4.79 Å². The number of ether oxygens (including phenoxy) is 1. The first-order chi connectivity index (χ1) is 12.6. The summed E-state index contributed by atoms with van der Waals surface area (Å²) in [4.78, 5) is 11.9. The van der Waals surface area contributed by atoms with Crippen LogP contribution in [0.1, 0.15) is 30.9 Å². The predicted octanol–water partition coefficient (Wildman–Crippen LogP) is 4.49. The third-order valence-corrected chi connectivity index (χ3v) is 4.10. The molecule has 1 N–H and O–H groups in total. The average molecular weight is 346 g/mol. The maximum atomic E-state index is 11.9. The van der Waals surface area contributed by atoms with Crippen molar-refractivity contribution >= 4 is 22.9 Å². The Morgan fingerprint density at radius 2 is 1.77 bits per heavy atom. The number of carbonyl (C=O) groups is 1. The monoisotopic (exact) mass is 346 g/mol. The molecule has 0 aliphatic carbocycles. The summed E-state index contributed by atoms with van der Waals surface area (Å²) in [7, 11) is 0. The number of amides is 1. The lowest BCUT2D eigenvalue weighted by molar-refractivity contribution is -0.123. The van der Waals surface area contributed by atoms with E-state index in [1.807, 2.05) is 54.6 Å². The van der Waals surface area contributed by atoms with E-state index in [2.05, 4.69) is 36.5 Å². The molecule has 1 amide bonds. The molecular formula is C22H22N2O2. The van der Waals surface area contributed by atoms with Crippen molar-refractivity contribution in [3.63, 3.8) is 0 Å². The molecule has 0 saturated carbocycles. The van der Waals surface area contributed by atoms with E-state index in [-0.39, 0.29) is 12.5 Å². The lowest BCUT2D eigenvalue weighted by Crippen LogP contribution is -2.24. The predicted molar refractivity (Wildman–Crippen MR) is 106 cm³/mol. The van der Waals surface area contributed by atoms with Crippen LogP contribution in [-0.2, 0) is 4.79 Å². The summed E-state index contributed by atoms with van der Waals surface area (Å²) < 4.78 is 5.53. The van der Waals surface area contributed by atoms with Gasteiger partial charge < -0.3 is 4.74 Å². The molecular weight excluding hydrogens is 324 g/mol. The second-order valence-electron chi connectivity index (χ2n) is 6.41. The molecule has 26 heavy (non-hydrogen) atoms. The number of hydrogen-bond donors (Lipinski definition) is 1. The van der Waals surface area contributed by atoms with Crippen LogP contribution in [0.3, 0.4) is 0 Å². The van der Waals surface area contributed by atoms with Gasteiger partial charge in [0, 0.05) is 0 Å². The van der Waals surface area contributed by atoms with E-state index in [0.717, 1.165) is 16.3 Å². The highest BCUT2D eigenvalue weighted by Gasteiger charge is 2.03. The average Bonchev–Trinajstić information content (AvgIpc) is 2.66. The van der Waals surface area contributed by atoms with E-state index >= 15 is 0 Å². The summed E-state index contributed by atoms with van der Waals surface area (Å²) in [6, 6.07) is 21.9. The van der Waals surface area contributed by atoms with Crippen molar-refractivity contribution in [3.05, 3.63) is 77.9 Å². The van der Waals surface area contributed by atoms with Gasteiger partial charge in [-0.05, 0) is 39.9 Å². The quantitative estimate of drug-likeness (QED) is 0.528. The number of nitrogens with zero attached hydrogens (tertiary/aromatic N) is 1. The van der Waals surface area contributed by atoms with Gasteiger partial charge in [-0.15, -0.1) is 0 Å². The molecule has 3 aromatic rings. The van der Waals surface area contributed by atoms with Crippen molar-refractivity contribution in [1.29, 1.82) is 0 Å². The maximum absolute atomic E-state index is 11.9. The van der Waals surface area contributed by atoms with Gasteiger partial charge in [-0.25, -0.2) is 5.43 Å². The lowest BCUT2D eigenvalue weighted by Gasteiger charge is -2.06. The van der Waals surface area contributed by atoms with E-state index < -0.39 is 0 Å². The summed E-state index contributed by atoms with van der Waals surface area (Å²) in [6.45, 7) is 4.22. The largest absolute Gasteiger partial charge is 0.484 e. The Morgan fingerprint density at radius 3 is 2.50 bits per heavy atom. The van der Waals surface area contributed by atoms with Crippen molar-refractivity contribution < 1.29 is 9.53 Å². The molecule has 132 valence electrons. The van der Waals surface area contributed by atoms with Crippen LogP contribution in [0.25, 0.3) is 10.8 Å². The fourth-order valence-electron chi connectivity index (χ4n) is 2.58. The molecule has 0 spiro atoms. The number of hydrogen-bond acceptors (Lipinski definition) is 3. The summed E-state index contributed by atoms with van der Waals surface area (Å²) >= 11 is 0. The smallest absolute Gasteiger partial charge is 0.277 e. The SMILES string of the molecule is CC(C)c1ccc(C=NNC(=O)COc2ccc3ccccc3c2)cc1. The van der Waals surface area contributed by atoms with E-state index in [4.69, 9.17) is 4.74 Å². The molecule has 0 bridgehead atoms. The molecule has 0 fully saturated rings. The minimum Gasteiger partial charge on any atom is -0.484 e. The Labute approximate surface area is 153 Å². The number of carbonyl (C=O) groups excluding carboxylic acids is 1. The topological polar surface area (TPSA) is 50.7 Å². The second-order valence-corrected chi connectivity index (χ2v) is 6.41. The van der Waals surface area contributed by atoms with Crippen LogP contribution in [0, 0.1) is 0 Å². The fourth-order valence-corrected chi connectivity index (χ4v) is 2.58. The second kappa shape index (κ2) is 8.30. The molecule has 0 radical (unpaired) electrons. The van der Waals surface area contributed by atoms with Crippen LogP contribution in [-0.4, -0.2) is 18.7 Å². The first-order valence-corrected chi connectivity index (χ1v) is 8.65. The first-order valence-electron chi connectivity index (χ1n) is 8.65. The molecule has 4 nitrogen and oxygen atoms in total. The third-order valence-electron chi connectivity index (χ3n) is 4.10. The van der Waals surface area contributed by atoms with Crippen LogP contribution >= 0.6 is 0 Å². The van der Waals surface area contributed by atoms with Crippen molar-refractivity contribution in [2.24, 2.45) is 5.10 Å². The van der Waals surface area contributed by atoms with Crippen LogP contribution in [0.2, 0.25) is 0 Å². The Hall–Kier alpha value is -3.14. The summed E-state index contributed by atoms with van der Waals surface area (Å²) in [5, 5.41) is 6.19. The van der Waals surface area contributed by atoms with Gasteiger partial charge in [-0.1, -0.05) is 68.4 Å². The van der Waals surface area contributed by atoms with Crippen LogP contribution in [0.15, 0.2) is 71.8 Å². The third kappa shape index (κ3) is 4.70. The minimum absolute atomic E-state index is 0.0814. The number of nitrogens with one attached hydrogen (secondary N) is 1. The van der Waals surface area contributed by atoms with E-state index in [0.29, 0.717) is 11.7 Å². The zero-order chi connectivity index (χ0) is 18.4. The van der Waals surface area contributed by atoms with Crippen LogP contribution in [0.4, 0.5) is 0 Å². The highest BCUT2D eigenvalue weighted by atomic mass is 16.5. The van der Waals surface area contributed by atoms with Crippen molar-refractivity contribution in [3.8, 4) is 5.75 Å². The first kappa shape index (κ1) is 17.7. The Balaban J connectivity index is 1.50. The summed E-state index contributed by atoms with van der Waals surface area (Å²) in [5.74, 6) is 0.855. The van der Waals surface area contributed by atoms with Crippen LogP contribution in [0.5, 0.6) is 5.75 Å². The molecule has 4 heteroatoms. The normalized spacial score (nSPS) is 11.2. The van der Waals surface area contributed by atoms with Gasteiger partial charge >= 0.3 is 0 Å². The lowest BCUT2D eigenvalue weighted by atomic mass is 10.0. The van der Waals surface area contributed by atoms with E-state index in [1.165, 1.54) is 5.56 Å². The molecule has 0 aromatic heterocycles. The Morgan fingerprint density at radius 1 is 1.04 bits per heavy atom. The molecule has 3 rings (SSSR count). The fraction of sp³-hybridized carbons (Fsp3) is 0.182. The van der Waals surface area contributed by atoms with Gasteiger partial charge in [-0.2, -0.15) is 5.10 Å². The highest BCUT2D eigenvalue weighted by molar-refractivity contribution is 5.84. The van der Waals surface area contributed by atoms with Crippen LogP contribution < -0.4 is 10.2 Å². The zero-order valence-corrected chi connectivity index (χ0v) is 15.0. The van der Waals surface area contributed by atoms with Gasteiger partial charge in [0.25, 0.3) is 5.91 Å². The number of hydrazone groups is 1. The number of benzene rings is 3. The Bertz CT molecular complexity index is 915. The van der Waals surface area contributed by atoms with E-state index in [9.17, 15) is 4.79 Å². The standard InChI is InChI=1S/C22H22N2O2/c1-16(2)18-9-7-17(8-10-18)14-23-24-22(25)15-26-21-12-11-19-5-3-4-6-20(19)13-21/h3-14,16H,15H2,1-2H3,(H,24,25). The summed E-state index contributed by atoms with van der Waals surface area (Å²) in [6.07, 6.45) is 1.62. The number of fused-ring (bicyclic) bond motifs is 1. The van der Waals surface area contributed by atoms with E-state index in [1.54, 1.807) is 6.21 Å². The zero-order valence-electron chi connectivity index (χ0n) is 15.0. The molecule has 3 aromatic carbocycles. The van der Waals surface area contributed by atoms with Gasteiger partial charge in [0.05, 0.1) is 6.21 Å². The molecule has 0 unspecified atom stereocenters. The highest BCUT2D eigenvalue weighted by Crippen LogP contribution is 2.20. The van der Waals surface area contributed by atoms with Crippen molar-refractivity contribution in [2.75, 3.05) is 6.61 Å². The summed E-state index contributed by atoms with van der Waals surface area (Å²) in [5.41, 5.74) is 4.69. The molecule has 0 aliphatic rings.